The van der Waals surface area contributed by atoms with Crippen LogP contribution >= 0.6 is 11.3 Å². The predicted octanol–water partition coefficient (Wildman–Crippen LogP) is 3.31. The van der Waals surface area contributed by atoms with Gasteiger partial charge in [-0.05, 0) is 48.6 Å². The van der Waals surface area contributed by atoms with Crippen LogP contribution in [0.2, 0.25) is 0 Å². The molecule has 0 radical (unpaired) electrons. The second-order valence-corrected chi connectivity index (χ2v) is 13.7. The Morgan fingerprint density at radius 1 is 1.08 bits per heavy atom. The number of rotatable bonds is 7. The van der Waals surface area contributed by atoms with Gasteiger partial charge in [0.1, 0.15) is 6.54 Å². The summed E-state index contributed by atoms with van der Waals surface area (Å²) in [5.74, 6) is -0.531. The number of anilines is 2. The van der Waals surface area contributed by atoms with E-state index in [4.69, 9.17) is 0 Å². The minimum Gasteiger partial charge on any atom is -0.382 e. The lowest BCUT2D eigenvalue weighted by Gasteiger charge is -2.32. The third kappa shape index (κ3) is 5.52. The van der Waals surface area contributed by atoms with E-state index >= 15 is 0 Å². The van der Waals surface area contributed by atoms with Crippen LogP contribution in [0.3, 0.4) is 0 Å². The van der Waals surface area contributed by atoms with Crippen molar-refractivity contribution in [3.05, 3.63) is 71.1 Å². The van der Waals surface area contributed by atoms with Crippen molar-refractivity contribution in [3.63, 3.8) is 0 Å². The molecule has 2 aromatic carbocycles. The van der Waals surface area contributed by atoms with Crippen LogP contribution < -0.4 is 14.3 Å². The van der Waals surface area contributed by atoms with Gasteiger partial charge in [-0.15, -0.1) is 11.3 Å². The summed E-state index contributed by atoms with van der Waals surface area (Å²) < 4.78 is 54.9. The number of hydrogen-bond acceptors (Lipinski definition) is 7. The molecule has 3 heterocycles. The highest BCUT2D eigenvalue weighted by Crippen LogP contribution is 2.39. The smallest absolute Gasteiger partial charge is 0.326 e. The van der Waals surface area contributed by atoms with Crippen LogP contribution in [0.5, 0.6) is 0 Å². The van der Waals surface area contributed by atoms with Crippen LogP contribution in [-0.2, 0) is 30.8 Å². The summed E-state index contributed by atoms with van der Waals surface area (Å²) in [5, 5.41) is 5.29. The van der Waals surface area contributed by atoms with E-state index in [0.29, 0.717) is 31.6 Å². The zero-order valence-electron chi connectivity index (χ0n) is 20.3. The molecule has 5 rings (SSSR count). The summed E-state index contributed by atoms with van der Waals surface area (Å²) in [4.78, 5) is 12.6. The van der Waals surface area contributed by atoms with Crippen molar-refractivity contribution in [2.75, 3.05) is 29.3 Å². The van der Waals surface area contributed by atoms with Crippen LogP contribution in [0.4, 0.5) is 11.4 Å². The van der Waals surface area contributed by atoms with Gasteiger partial charge in [0, 0.05) is 35.1 Å². The van der Waals surface area contributed by atoms with E-state index in [-0.39, 0.29) is 18.3 Å². The molecular formula is C25H28N4O5S3. The van der Waals surface area contributed by atoms with Gasteiger partial charge in [0.25, 0.3) is 5.91 Å². The van der Waals surface area contributed by atoms with Gasteiger partial charge in [-0.25, -0.2) is 21.8 Å². The second-order valence-electron chi connectivity index (χ2n) is 9.25. The van der Waals surface area contributed by atoms with Crippen molar-refractivity contribution in [2.24, 2.45) is 0 Å². The molecule has 9 nitrogen and oxygen atoms in total. The van der Waals surface area contributed by atoms with Crippen LogP contribution in [0.15, 0.2) is 60.0 Å². The lowest BCUT2D eigenvalue weighted by molar-refractivity contribution is -0.117. The summed E-state index contributed by atoms with van der Waals surface area (Å²) in [7, 11) is -7.22. The molecule has 0 bridgehead atoms. The number of amides is 1. The Kier molecular flexibility index (Phi) is 7.01. The van der Waals surface area contributed by atoms with Crippen molar-refractivity contribution < 1.29 is 21.6 Å². The Hall–Kier alpha value is -2.93. The van der Waals surface area contributed by atoms with Crippen molar-refractivity contribution in [1.82, 2.24) is 9.03 Å². The highest BCUT2D eigenvalue weighted by molar-refractivity contribution is 7.92. The van der Waals surface area contributed by atoms with E-state index in [1.54, 1.807) is 9.69 Å². The molecule has 37 heavy (non-hydrogen) atoms. The van der Waals surface area contributed by atoms with E-state index in [1.807, 2.05) is 66.2 Å². The zero-order valence-corrected chi connectivity index (χ0v) is 22.7. The minimum absolute atomic E-state index is 0.0130. The van der Waals surface area contributed by atoms with Gasteiger partial charge in [-0.1, -0.05) is 42.5 Å². The number of benzene rings is 2. The molecule has 2 saturated heterocycles. The van der Waals surface area contributed by atoms with E-state index in [0.717, 1.165) is 31.6 Å². The molecule has 0 spiro atoms. The fourth-order valence-electron chi connectivity index (χ4n) is 4.74. The summed E-state index contributed by atoms with van der Waals surface area (Å²) in [6, 6.07) is 17.3. The average Bonchev–Trinajstić information content (AvgIpc) is 3.36. The molecule has 2 fully saturated rings. The average molecular weight is 561 g/mol. The van der Waals surface area contributed by atoms with Crippen LogP contribution in [0.25, 0.3) is 10.4 Å². The van der Waals surface area contributed by atoms with E-state index in [1.165, 1.54) is 11.3 Å². The largest absolute Gasteiger partial charge is 0.382 e. The third-order valence-electron chi connectivity index (χ3n) is 6.64. The Morgan fingerprint density at radius 2 is 1.81 bits per heavy atom. The van der Waals surface area contributed by atoms with Crippen LogP contribution in [-0.4, -0.2) is 52.7 Å². The van der Waals surface area contributed by atoms with Gasteiger partial charge in [0.05, 0.1) is 11.4 Å². The maximum Gasteiger partial charge on any atom is 0.326 e. The SMILES string of the molecule is Cc1c(N2CC(=O)NS2(=O)=O)csc1-c1cccc(NC2CCN(S(=O)(=O)Cc3ccccc3)CC2)c1. The van der Waals surface area contributed by atoms with Gasteiger partial charge in [0.15, 0.2) is 0 Å². The zero-order chi connectivity index (χ0) is 26.2. The van der Waals surface area contributed by atoms with E-state index in [2.05, 4.69) is 5.32 Å². The molecule has 1 aromatic heterocycles. The highest BCUT2D eigenvalue weighted by atomic mass is 32.2. The number of nitrogens with zero attached hydrogens (tertiary/aromatic N) is 2. The number of carbonyl (C=O) groups excluding carboxylic acids is 1. The van der Waals surface area contributed by atoms with Crippen LogP contribution in [0, 0.1) is 6.92 Å². The Balaban J connectivity index is 1.24. The van der Waals surface area contributed by atoms with Crippen molar-refractivity contribution >= 4 is 48.9 Å². The molecule has 0 atom stereocenters. The predicted molar refractivity (Wildman–Crippen MR) is 146 cm³/mol. The number of carbonyl (C=O) groups is 1. The number of piperidine rings is 1. The molecule has 2 aliphatic heterocycles. The third-order valence-corrected chi connectivity index (χ3v) is 11.0. The van der Waals surface area contributed by atoms with Gasteiger partial charge in [-0.3, -0.25) is 4.79 Å². The molecule has 12 heteroatoms. The van der Waals surface area contributed by atoms with Gasteiger partial charge >= 0.3 is 10.2 Å². The molecule has 0 unspecified atom stereocenters. The van der Waals surface area contributed by atoms with Crippen LogP contribution in [0.1, 0.15) is 24.0 Å². The molecule has 3 aromatic rings. The first-order valence-corrected chi connectivity index (χ1v) is 15.9. The molecule has 2 aliphatic rings. The molecule has 196 valence electrons. The highest BCUT2D eigenvalue weighted by Gasteiger charge is 2.36. The second kappa shape index (κ2) is 10.1. The Morgan fingerprint density at radius 3 is 2.49 bits per heavy atom. The van der Waals surface area contributed by atoms with E-state index < -0.39 is 26.1 Å². The first kappa shape index (κ1) is 25.7. The summed E-state index contributed by atoms with van der Waals surface area (Å²) >= 11 is 1.43. The fourth-order valence-corrected chi connectivity index (χ4v) is 8.65. The van der Waals surface area contributed by atoms with Gasteiger partial charge in [-0.2, -0.15) is 8.42 Å². The summed E-state index contributed by atoms with van der Waals surface area (Å²) in [5.41, 5.74) is 3.94. The molecule has 1 amide bonds. The van der Waals surface area contributed by atoms with Crippen molar-refractivity contribution in [2.45, 2.75) is 31.6 Å². The maximum absolute atomic E-state index is 12.9. The van der Waals surface area contributed by atoms with Gasteiger partial charge < -0.3 is 5.32 Å². The number of nitrogens with one attached hydrogen (secondary N) is 2. The number of thiophene rings is 1. The molecule has 0 aliphatic carbocycles. The van der Waals surface area contributed by atoms with Gasteiger partial charge in [0.2, 0.25) is 10.0 Å². The molecular weight excluding hydrogens is 532 g/mol. The fraction of sp³-hybridized carbons (Fsp3) is 0.320. The molecule has 0 saturated carbocycles. The number of hydrogen-bond donors (Lipinski definition) is 2. The first-order valence-electron chi connectivity index (χ1n) is 11.9. The standard InChI is InChI=1S/C25H28N4O5S3/c1-18-23(29-15-24(30)27-37(29,33)34)16-35-25(18)20-8-5-9-22(14-20)26-21-10-12-28(13-11-21)36(31,32)17-19-6-3-2-4-7-19/h2-9,14,16,21,26H,10-13,15,17H2,1H3,(H,27,30). The maximum atomic E-state index is 12.9. The lowest BCUT2D eigenvalue weighted by Crippen LogP contribution is -2.42. The van der Waals surface area contributed by atoms with Crippen molar-refractivity contribution in [3.8, 4) is 10.4 Å². The Bertz CT molecular complexity index is 1510. The number of sulfonamides is 1. The Labute approximate surface area is 221 Å². The quantitative estimate of drug-likeness (QED) is 0.458. The van der Waals surface area contributed by atoms with E-state index in [9.17, 15) is 21.6 Å². The molecule has 2 N–H and O–H groups in total. The normalized spacial score (nSPS) is 18.6. The minimum atomic E-state index is -3.86. The topological polar surface area (TPSA) is 116 Å². The lowest BCUT2D eigenvalue weighted by atomic mass is 10.0. The summed E-state index contributed by atoms with van der Waals surface area (Å²) in [6.07, 6.45) is 1.41. The first-order chi connectivity index (χ1) is 17.6. The summed E-state index contributed by atoms with van der Waals surface area (Å²) in [6.45, 7) is 2.57. The van der Waals surface area contributed by atoms with Crippen molar-refractivity contribution in [1.29, 1.82) is 0 Å². The monoisotopic (exact) mass is 560 g/mol.